The zero-order valence-electron chi connectivity index (χ0n) is 12.0. The van der Waals surface area contributed by atoms with Gasteiger partial charge in [-0.05, 0) is 68.0 Å². The molecule has 4 rings (SSSR count). The fourth-order valence-corrected chi connectivity index (χ4v) is 5.22. The van der Waals surface area contributed by atoms with Crippen LogP contribution >= 0.6 is 11.3 Å². The number of carbonyl (C=O) groups is 1. The standard InChI is InChI=1S/C16H22N2OS/c1-17-14-15-10(5-7-20-15)4-6-18(16(14)19)13-3-2-11-8-12(11)9-13/h5,7,11-14,17H,2-4,6,8-9H2,1H3. The van der Waals surface area contributed by atoms with Crippen molar-refractivity contribution in [2.45, 2.75) is 44.2 Å². The zero-order valence-corrected chi connectivity index (χ0v) is 12.8. The topological polar surface area (TPSA) is 32.3 Å². The summed E-state index contributed by atoms with van der Waals surface area (Å²) in [4.78, 5) is 16.4. The number of hydrogen-bond donors (Lipinski definition) is 1. The Morgan fingerprint density at radius 3 is 3.00 bits per heavy atom. The lowest BCUT2D eigenvalue weighted by atomic mass is 9.94. The van der Waals surface area contributed by atoms with Crippen LogP contribution in [0.2, 0.25) is 0 Å². The van der Waals surface area contributed by atoms with Gasteiger partial charge >= 0.3 is 0 Å². The number of hydrogen-bond acceptors (Lipinski definition) is 3. The van der Waals surface area contributed by atoms with E-state index in [1.54, 1.807) is 11.3 Å². The molecule has 2 fully saturated rings. The monoisotopic (exact) mass is 290 g/mol. The Morgan fingerprint density at radius 2 is 2.20 bits per heavy atom. The summed E-state index contributed by atoms with van der Waals surface area (Å²) in [6.07, 6.45) is 6.25. The van der Waals surface area contributed by atoms with Gasteiger partial charge in [-0.15, -0.1) is 11.3 Å². The zero-order chi connectivity index (χ0) is 13.7. The third kappa shape index (κ3) is 2.01. The Morgan fingerprint density at radius 1 is 1.30 bits per heavy atom. The molecule has 0 radical (unpaired) electrons. The SMILES string of the molecule is CNC1C(=O)N(C2CCC3CC3C2)CCc2ccsc21. The minimum absolute atomic E-state index is 0.121. The van der Waals surface area contributed by atoms with Gasteiger partial charge in [0.15, 0.2) is 0 Å². The van der Waals surface area contributed by atoms with E-state index in [4.69, 9.17) is 0 Å². The van der Waals surface area contributed by atoms with Gasteiger partial charge in [0.05, 0.1) is 0 Å². The summed E-state index contributed by atoms with van der Waals surface area (Å²) < 4.78 is 0. The average molecular weight is 290 g/mol. The molecular formula is C16H22N2OS. The van der Waals surface area contributed by atoms with Crippen molar-refractivity contribution < 1.29 is 4.79 Å². The van der Waals surface area contributed by atoms with Crippen molar-refractivity contribution in [3.05, 3.63) is 21.9 Å². The van der Waals surface area contributed by atoms with E-state index in [1.807, 2.05) is 7.05 Å². The van der Waals surface area contributed by atoms with Crippen molar-refractivity contribution in [3.63, 3.8) is 0 Å². The second kappa shape index (κ2) is 4.85. The summed E-state index contributed by atoms with van der Waals surface area (Å²) in [6.45, 7) is 0.906. The normalized spacial score (nSPS) is 36.2. The summed E-state index contributed by atoms with van der Waals surface area (Å²) in [5, 5.41) is 5.36. The second-order valence-corrected chi connectivity index (χ2v) is 7.48. The average Bonchev–Trinajstić information content (AvgIpc) is 3.12. The number of fused-ring (bicyclic) bond motifs is 2. The molecule has 3 nitrogen and oxygen atoms in total. The van der Waals surface area contributed by atoms with Gasteiger partial charge in [-0.2, -0.15) is 0 Å². The van der Waals surface area contributed by atoms with E-state index in [9.17, 15) is 4.79 Å². The highest BCUT2D eigenvalue weighted by Gasteiger charge is 2.45. The quantitative estimate of drug-likeness (QED) is 0.908. The molecular weight excluding hydrogens is 268 g/mol. The van der Waals surface area contributed by atoms with Crippen molar-refractivity contribution in [2.75, 3.05) is 13.6 Å². The van der Waals surface area contributed by atoms with E-state index < -0.39 is 0 Å². The van der Waals surface area contributed by atoms with Crippen molar-refractivity contribution in [3.8, 4) is 0 Å². The number of nitrogens with zero attached hydrogens (tertiary/aromatic N) is 1. The van der Waals surface area contributed by atoms with Crippen LogP contribution in [0.1, 0.15) is 42.2 Å². The molecule has 1 amide bonds. The van der Waals surface area contributed by atoms with Crippen LogP contribution in [-0.2, 0) is 11.2 Å². The van der Waals surface area contributed by atoms with Crippen LogP contribution in [0.15, 0.2) is 11.4 Å². The van der Waals surface area contributed by atoms with Crippen LogP contribution in [0.25, 0.3) is 0 Å². The molecule has 0 bridgehead atoms. The Balaban J connectivity index is 1.59. The van der Waals surface area contributed by atoms with Crippen LogP contribution in [0.4, 0.5) is 0 Å². The summed E-state index contributed by atoms with van der Waals surface area (Å²) >= 11 is 1.72. The maximum Gasteiger partial charge on any atom is 0.245 e. The van der Waals surface area contributed by atoms with Gasteiger partial charge in [-0.25, -0.2) is 0 Å². The van der Waals surface area contributed by atoms with Crippen molar-refractivity contribution in [1.29, 1.82) is 0 Å². The van der Waals surface area contributed by atoms with E-state index in [1.165, 1.54) is 36.1 Å². The van der Waals surface area contributed by atoms with Gasteiger partial charge in [-0.1, -0.05) is 0 Å². The van der Waals surface area contributed by atoms with E-state index in [2.05, 4.69) is 21.7 Å². The van der Waals surface area contributed by atoms with Crippen molar-refractivity contribution in [1.82, 2.24) is 10.2 Å². The summed E-state index contributed by atoms with van der Waals surface area (Å²) in [5.74, 6) is 2.22. The van der Waals surface area contributed by atoms with Crippen LogP contribution in [0, 0.1) is 11.8 Å². The lowest BCUT2D eigenvalue weighted by Gasteiger charge is -2.35. The number of thiophene rings is 1. The maximum absolute atomic E-state index is 12.9. The molecule has 108 valence electrons. The molecule has 2 saturated carbocycles. The number of nitrogens with one attached hydrogen (secondary N) is 1. The Labute approximate surface area is 124 Å². The number of carbonyl (C=O) groups excluding carboxylic acids is 1. The van der Waals surface area contributed by atoms with Gasteiger partial charge in [-0.3, -0.25) is 4.79 Å². The highest BCUT2D eigenvalue weighted by atomic mass is 32.1. The van der Waals surface area contributed by atoms with E-state index >= 15 is 0 Å². The summed E-state index contributed by atoms with van der Waals surface area (Å²) in [6, 6.07) is 2.57. The number of likely N-dealkylation sites (N-methyl/N-ethyl adjacent to an activating group) is 1. The van der Waals surface area contributed by atoms with Gasteiger partial charge in [0, 0.05) is 17.5 Å². The lowest BCUT2D eigenvalue weighted by Crippen LogP contribution is -2.46. The van der Waals surface area contributed by atoms with Gasteiger partial charge in [0.2, 0.25) is 5.91 Å². The Hall–Kier alpha value is -0.870. The first-order valence-corrected chi connectivity index (χ1v) is 8.70. The lowest BCUT2D eigenvalue weighted by molar-refractivity contribution is -0.136. The minimum atomic E-state index is -0.121. The predicted molar refractivity (Wildman–Crippen MR) is 80.8 cm³/mol. The third-order valence-electron chi connectivity index (χ3n) is 5.44. The number of rotatable bonds is 2. The molecule has 0 spiro atoms. The van der Waals surface area contributed by atoms with E-state index in [0.717, 1.165) is 24.8 Å². The van der Waals surface area contributed by atoms with Gasteiger partial charge < -0.3 is 10.2 Å². The summed E-state index contributed by atoms with van der Waals surface area (Å²) in [7, 11) is 1.91. The molecule has 0 aromatic carbocycles. The van der Waals surface area contributed by atoms with Crippen LogP contribution in [0.3, 0.4) is 0 Å². The first kappa shape index (κ1) is 12.8. The van der Waals surface area contributed by atoms with E-state index in [-0.39, 0.29) is 6.04 Å². The molecule has 1 aliphatic heterocycles. The highest BCUT2D eigenvalue weighted by Crippen LogP contribution is 2.50. The molecule has 2 aliphatic carbocycles. The predicted octanol–water partition coefficient (Wildman–Crippen LogP) is 2.58. The first-order chi connectivity index (χ1) is 9.78. The van der Waals surface area contributed by atoms with Crippen molar-refractivity contribution in [2.24, 2.45) is 11.8 Å². The molecule has 1 aromatic heterocycles. The minimum Gasteiger partial charge on any atom is -0.338 e. The highest BCUT2D eigenvalue weighted by molar-refractivity contribution is 7.10. The third-order valence-corrected chi connectivity index (χ3v) is 6.46. The number of amides is 1. The van der Waals surface area contributed by atoms with Gasteiger partial charge in [0.25, 0.3) is 0 Å². The van der Waals surface area contributed by atoms with Crippen LogP contribution in [0.5, 0.6) is 0 Å². The first-order valence-electron chi connectivity index (χ1n) is 7.82. The molecule has 20 heavy (non-hydrogen) atoms. The van der Waals surface area contributed by atoms with Crippen LogP contribution in [-0.4, -0.2) is 30.4 Å². The molecule has 1 N–H and O–H groups in total. The van der Waals surface area contributed by atoms with Crippen molar-refractivity contribution >= 4 is 17.2 Å². The molecule has 4 atom stereocenters. The fraction of sp³-hybridized carbons (Fsp3) is 0.688. The molecule has 0 saturated heterocycles. The van der Waals surface area contributed by atoms with Gasteiger partial charge in [0.1, 0.15) is 6.04 Å². The van der Waals surface area contributed by atoms with Crippen LogP contribution < -0.4 is 5.32 Å². The molecule has 2 heterocycles. The Kier molecular flexibility index (Phi) is 3.11. The van der Waals surface area contributed by atoms with E-state index in [0.29, 0.717) is 11.9 Å². The molecule has 4 heteroatoms. The summed E-state index contributed by atoms with van der Waals surface area (Å²) in [5.41, 5.74) is 1.37. The smallest absolute Gasteiger partial charge is 0.245 e. The maximum atomic E-state index is 12.9. The molecule has 4 unspecified atom stereocenters. The molecule has 1 aromatic rings. The molecule has 3 aliphatic rings. The second-order valence-electron chi connectivity index (χ2n) is 6.54. The largest absolute Gasteiger partial charge is 0.338 e. The Bertz CT molecular complexity index is 526. The fourth-order valence-electron chi connectivity index (χ4n) is 4.16.